The molecular weight excluding hydrogens is 350 g/mol. The Hall–Kier alpha value is -1.45. The molecule has 1 aliphatic rings. The van der Waals surface area contributed by atoms with Crippen LogP contribution in [-0.2, 0) is 17.6 Å². The van der Waals surface area contributed by atoms with Gasteiger partial charge in [0.15, 0.2) is 5.11 Å². The standard InChI is InChI=1S/C19H27N3OS2/c1-18(2,3)11-7-8-12-13(10-20)15(25-14(12)9-11)21-17(24)22-16(23)19(4,5)6/h11H,7-9H2,1-6H3,(H2,21,22,23,24)/t11-/m1/s1. The molecule has 0 fully saturated rings. The van der Waals surface area contributed by atoms with Crippen molar-refractivity contribution in [3.05, 3.63) is 16.0 Å². The topological polar surface area (TPSA) is 64.9 Å². The summed E-state index contributed by atoms with van der Waals surface area (Å²) in [6.07, 6.45) is 3.03. The zero-order chi connectivity index (χ0) is 19.0. The number of carbonyl (C=O) groups is 1. The second-order valence-electron chi connectivity index (χ2n) is 8.78. The third-order valence-electron chi connectivity index (χ3n) is 4.74. The Morgan fingerprint density at radius 2 is 1.92 bits per heavy atom. The molecule has 0 saturated carbocycles. The molecule has 0 aromatic carbocycles. The van der Waals surface area contributed by atoms with E-state index in [9.17, 15) is 10.1 Å². The van der Waals surface area contributed by atoms with Gasteiger partial charge in [-0.1, -0.05) is 41.5 Å². The summed E-state index contributed by atoms with van der Waals surface area (Å²) in [7, 11) is 0. The molecule has 6 heteroatoms. The van der Waals surface area contributed by atoms with Crippen molar-refractivity contribution in [2.75, 3.05) is 5.32 Å². The van der Waals surface area contributed by atoms with E-state index >= 15 is 0 Å². The van der Waals surface area contributed by atoms with Crippen LogP contribution in [0.25, 0.3) is 0 Å². The average Bonchev–Trinajstić information content (AvgIpc) is 2.80. The highest BCUT2D eigenvalue weighted by atomic mass is 32.1. The Kier molecular flexibility index (Phi) is 5.60. The van der Waals surface area contributed by atoms with Crippen LogP contribution >= 0.6 is 23.6 Å². The second kappa shape index (κ2) is 7.05. The van der Waals surface area contributed by atoms with Crippen molar-refractivity contribution in [2.45, 2.75) is 60.8 Å². The number of carbonyl (C=O) groups excluding carboxylic acids is 1. The summed E-state index contributed by atoms with van der Waals surface area (Å²) in [5.41, 5.74) is 1.58. The van der Waals surface area contributed by atoms with Crippen LogP contribution in [0.5, 0.6) is 0 Å². The molecule has 0 radical (unpaired) electrons. The summed E-state index contributed by atoms with van der Waals surface area (Å²) in [5, 5.41) is 16.4. The number of thiophene rings is 1. The molecule has 1 atom stereocenters. The summed E-state index contributed by atoms with van der Waals surface area (Å²) in [6, 6.07) is 2.32. The average molecular weight is 378 g/mol. The molecule has 0 saturated heterocycles. The van der Waals surface area contributed by atoms with Crippen molar-refractivity contribution in [2.24, 2.45) is 16.7 Å². The fourth-order valence-corrected chi connectivity index (χ4v) is 4.50. The van der Waals surface area contributed by atoms with Crippen LogP contribution in [0.1, 0.15) is 64.0 Å². The number of nitrogens with one attached hydrogen (secondary N) is 2. The van der Waals surface area contributed by atoms with Crippen molar-refractivity contribution in [3.63, 3.8) is 0 Å². The number of thiocarbonyl (C=S) groups is 1. The molecule has 136 valence electrons. The third-order valence-corrected chi connectivity index (χ3v) is 6.11. The van der Waals surface area contributed by atoms with E-state index < -0.39 is 5.41 Å². The molecule has 1 aromatic heterocycles. The van der Waals surface area contributed by atoms with Crippen molar-refractivity contribution in [3.8, 4) is 6.07 Å². The van der Waals surface area contributed by atoms with Gasteiger partial charge in [0.25, 0.3) is 0 Å². The number of nitriles is 1. The van der Waals surface area contributed by atoms with Gasteiger partial charge in [0, 0.05) is 10.3 Å². The highest BCUT2D eigenvalue weighted by Gasteiger charge is 2.32. The van der Waals surface area contributed by atoms with Gasteiger partial charge < -0.3 is 10.6 Å². The Bertz CT molecular complexity index is 730. The van der Waals surface area contributed by atoms with Crippen molar-refractivity contribution >= 4 is 39.6 Å². The Labute approximate surface area is 160 Å². The first kappa shape index (κ1) is 19.9. The van der Waals surface area contributed by atoms with Gasteiger partial charge in [-0.15, -0.1) is 11.3 Å². The minimum Gasteiger partial charge on any atom is -0.323 e. The predicted molar refractivity (Wildman–Crippen MR) is 108 cm³/mol. The first-order valence-corrected chi connectivity index (χ1v) is 9.83. The van der Waals surface area contributed by atoms with Crippen molar-refractivity contribution < 1.29 is 4.79 Å². The molecular formula is C19H27N3OS2. The number of anilines is 1. The molecule has 1 aromatic rings. The minimum absolute atomic E-state index is 0.141. The zero-order valence-corrected chi connectivity index (χ0v) is 17.5. The lowest BCUT2D eigenvalue weighted by Gasteiger charge is -2.33. The van der Waals surface area contributed by atoms with Gasteiger partial charge in [-0.05, 0) is 48.4 Å². The quantitative estimate of drug-likeness (QED) is 0.700. The number of hydrogen-bond donors (Lipinski definition) is 2. The van der Waals surface area contributed by atoms with Crippen LogP contribution in [0.2, 0.25) is 0 Å². The summed E-state index contributed by atoms with van der Waals surface area (Å²) < 4.78 is 0. The van der Waals surface area contributed by atoms with Crippen molar-refractivity contribution in [1.29, 1.82) is 5.26 Å². The largest absolute Gasteiger partial charge is 0.323 e. The van der Waals surface area contributed by atoms with Gasteiger partial charge in [0.1, 0.15) is 11.1 Å². The van der Waals surface area contributed by atoms with Crippen LogP contribution in [0.3, 0.4) is 0 Å². The van der Waals surface area contributed by atoms with Gasteiger partial charge in [-0.2, -0.15) is 5.26 Å². The molecule has 25 heavy (non-hydrogen) atoms. The van der Waals surface area contributed by atoms with Gasteiger partial charge in [0.05, 0.1) is 5.56 Å². The maximum Gasteiger partial charge on any atom is 0.231 e. The van der Waals surface area contributed by atoms with Crippen LogP contribution in [0.15, 0.2) is 0 Å². The van der Waals surface area contributed by atoms with Crippen molar-refractivity contribution in [1.82, 2.24) is 5.32 Å². The monoisotopic (exact) mass is 377 g/mol. The first-order valence-electron chi connectivity index (χ1n) is 8.60. The number of rotatable bonds is 1. The Morgan fingerprint density at radius 1 is 1.28 bits per heavy atom. The third kappa shape index (κ3) is 4.59. The van der Waals surface area contributed by atoms with Gasteiger partial charge in [-0.3, -0.25) is 4.79 Å². The lowest BCUT2D eigenvalue weighted by Crippen LogP contribution is -2.41. The SMILES string of the molecule is CC(C)(C)C(=O)NC(=S)Nc1sc2c(c1C#N)CC[C@@H](C(C)(C)C)C2. The number of nitrogens with zero attached hydrogens (tertiary/aromatic N) is 1. The van der Waals surface area contributed by atoms with Gasteiger partial charge in [-0.25, -0.2) is 0 Å². The molecule has 2 N–H and O–H groups in total. The Balaban J connectivity index is 2.19. The maximum atomic E-state index is 12.1. The van der Waals surface area contributed by atoms with E-state index in [2.05, 4.69) is 37.5 Å². The number of amides is 1. The van der Waals surface area contributed by atoms with E-state index in [-0.39, 0.29) is 16.4 Å². The zero-order valence-electron chi connectivity index (χ0n) is 15.9. The molecule has 0 aliphatic heterocycles. The molecule has 0 spiro atoms. The molecule has 2 rings (SSSR count). The van der Waals surface area contributed by atoms with E-state index in [4.69, 9.17) is 12.2 Å². The maximum absolute atomic E-state index is 12.1. The van der Waals surface area contributed by atoms with E-state index in [1.165, 1.54) is 4.88 Å². The summed E-state index contributed by atoms with van der Waals surface area (Å²) in [5.74, 6) is 0.475. The predicted octanol–water partition coefficient (Wildman–Crippen LogP) is 4.63. The molecule has 1 amide bonds. The van der Waals surface area contributed by atoms with Gasteiger partial charge in [0.2, 0.25) is 5.91 Å². The molecule has 1 heterocycles. The molecule has 1 aliphatic carbocycles. The lowest BCUT2D eigenvalue weighted by atomic mass is 9.72. The second-order valence-corrected chi connectivity index (χ2v) is 10.3. The lowest BCUT2D eigenvalue weighted by molar-refractivity contribution is -0.126. The molecule has 4 nitrogen and oxygen atoms in total. The van der Waals surface area contributed by atoms with Crippen LogP contribution in [0, 0.1) is 28.1 Å². The summed E-state index contributed by atoms with van der Waals surface area (Å²) >= 11 is 6.86. The highest BCUT2D eigenvalue weighted by Crippen LogP contribution is 2.43. The number of fused-ring (bicyclic) bond motifs is 1. The summed E-state index contributed by atoms with van der Waals surface area (Å²) in [6.45, 7) is 12.3. The fraction of sp³-hybridized carbons (Fsp3) is 0.632. The van der Waals surface area contributed by atoms with Gasteiger partial charge >= 0.3 is 0 Å². The van der Waals surface area contributed by atoms with E-state index in [1.54, 1.807) is 11.3 Å². The molecule has 0 bridgehead atoms. The first-order chi connectivity index (χ1) is 11.4. The highest BCUT2D eigenvalue weighted by molar-refractivity contribution is 7.80. The molecule has 0 unspecified atom stereocenters. The normalized spacial score (nSPS) is 17.4. The van der Waals surface area contributed by atoms with Crippen LogP contribution in [-0.4, -0.2) is 11.0 Å². The van der Waals surface area contributed by atoms with E-state index in [0.29, 0.717) is 11.5 Å². The fourth-order valence-electron chi connectivity index (χ4n) is 2.96. The number of hydrogen-bond acceptors (Lipinski definition) is 4. The Morgan fingerprint density at radius 3 is 2.44 bits per heavy atom. The minimum atomic E-state index is -0.515. The van der Waals surface area contributed by atoms with Crippen LogP contribution < -0.4 is 10.6 Å². The smallest absolute Gasteiger partial charge is 0.231 e. The van der Waals surface area contributed by atoms with E-state index in [0.717, 1.165) is 29.8 Å². The van der Waals surface area contributed by atoms with E-state index in [1.807, 2.05) is 20.8 Å². The van der Waals surface area contributed by atoms with Crippen LogP contribution in [0.4, 0.5) is 5.00 Å². The summed E-state index contributed by atoms with van der Waals surface area (Å²) in [4.78, 5) is 13.3.